The zero-order valence-electron chi connectivity index (χ0n) is 14.6. The molecule has 0 unspecified atom stereocenters. The molecular weight excluding hydrogens is 328 g/mol. The van der Waals surface area contributed by atoms with E-state index in [9.17, 15) is 0 Å². The average Bonchev–Trinajstić information content (AvgIpc) is 3.20. The van der Waals surface area contributed by atoms with Gasteiger partial charge in [-0.15, -0.1) is 0 Å². The highest BCUT2D eigenvalue weighted by atomic mass is 15.4. The molecule has 1 aromatic carbocycles. The third-order valence-electron chi connectivity index (χ3n) is 4.72. The summed E-state index contributed by atoms with van der Waals surface area (Å²) in [6, 6.07) is 8.42. The van der Waals surface area contributed by atoms with Crippen molar-refractivity contribution >= 4 is 34.6 Å². The molecule has 0 saturated carbocycles. The first-order chi connectivity index (χ1) is 12.7. The number of hydrogen-bond donors (Lipinski definition) is 0. The lowest BCUT2D eigenvalue weighted by molar-refractivity contribution is 0.926. The second-order valence-electron chi connectivity index (χ2n) is 6.46. The van der Waals surface area contributed by atoms with Crippen LogP contribution in [0.25, 0.3) is 0 Å². The van der Waals surface area contributed by atoms with E-state index in [2.05, 4.69) is 63.8 Å². The molecule has 26 heavy (non-hydrogen) atoms. The standard InChI is InChI=1S/C18H18N8/c1-23-11-25(17-15(23)19-6-8-21-17)13-4-3-5-14(10-13)26-12-24(2)16-18(26)22-9-7-20-16/h3-10H,11-12H2,1-2H3. The monoisotopic (exact) mass is 346 g/mol. The van der Waals surface area contributed by atoms with Crippen molar-refractivity contribution in [2.24, 2.45) is 0 Å². The van der Waals surface area contributed by atoms with Crippen molar-refractivity contribution in [3.63, 3.8) is 0 Å². The molecular formula is C18H18N8. The molecule has 8 nitrogen and oxygen atoms in total. The lowest BCUT2D eigenvalue weighted by atomic mass is 10.2. The molecule has 0 bridgehead atoms. The van der Waals surface area contributed by atoms with Gasteiger partial charge in [-0.3, -0.25) is 0 Å². The Morgan fingerprint density at radius 3 is 1.54 bits per heavy atom. The average molecular weight is 346 g/mol. The first-order valence-corrected chi connectivity index (χ1v) is 8.42. The SMILES string of the molecule is CN1CN(c2cccc(N3CN(C)c4nccnc43)c2)c2nccnc21. The summed E-state index contributed by atoms with van der Waals surface area (Å²) in [6.45, 7) is 1.44. The minimum absolute atomic E-state index is 0.721. The lowest BCUT2D eigenvalue weighted by Gasteiger charge is -2.22. The van der Waals surface area contributed by atoms with Crippen molar-refractivity contribution in [3.05, 3.63) is 49.1 Å². The summed E-state index contributed by atoms with van der Waals surface area (Å²) in [5, 5.41) is 0. The van der Waals surface area contributed by atoms with Crippen molar-refractivity contribution in [3.8, 4) is 0 Å². The van der Waals surface area contributed by atoms with Crippen LogP contribution in [0.15, 0.2) is 49.1 Å². The van der Waals surface area contributed by atoms with Crippen LogP contribution in [0.5, 0.6) is 0 Å². The van der Waals surface area contributed by atoms with Crippen LogP contribution in [0.2, 0.25) is 0 Å². The molecule has 0 spiro atoms. The summed E-state index contributed by atoms with van der Waals surface area (Å²) in [6.07, 6.45) is 6.92. The normalized spacial score (nSPS) is 15.5. The Bertz CT molecular complexity index is 900. The Balaban J connectivity index is 1.54. The molecule has 4 heterocycles. The quantitative estimate of drug-likeness (QED) is 0.701. The molecule has 2 aliphatic rings. The minimum atomic E-state index is 0.721. The van der Waals surface area contributed by atoms with Gasteiger partial charge in [0.25, 0.3) is 0 Å². The first kappa shape index (κ1) is 14.9. The maximum absolute atomic E-state index is 4.52. The van der Waals surface area contributed by atoms with Gasteiger partial charge in [0.05, 0.1) is 13.3 Å². The molecule has 0 fully saturated rings. The maximum Gasteiger partial charge on any atom is 0.178 e. The van der Waals surface area contributed by atoms with Crippen molar-refractivity contribution in [2.45, 2.75) is 0 Å². The fraction of sp³-hybridized carbons (Fsp3) is 0.222. The molecule has 0 saturated heterocycles. The Morgan fingerprint density at radius 2 is 1.08 bits per heavy atom. The molecule has 3 aromatic rings. The number of benzene rings is 1. The molecule has 2 aromatic heterocycles. The first-order valence-electron chi connectivity index (χ1n) is 8.42. The van der Waals surface area contributed by atoms with E-state index in [1.54, 1.807) is 24.8 Å². The Kier molecular flexibility index (Phi) is 3.18. The van der Waals surface area contributed by atoms with E-state index < -0.39 is 0 Å². The molecule has 0 aliphatic carbocycles. The number of fused-ring (bicyclic) bond motifs is 2. The smallest absolute Gasteiger partial charge is 0.178 e. The fourth-order valence-corrected chi connectivity index (χ4v) is 3.49. The highest BCUT2D eigenvalue weighted by Crippen LogP contribution is 2.40. The van der Waals surface area contributed by atoms with Crippen molar-refractivity contribution in [2.75, 3.05) is 47.0 Å². The van der Waals surface area contributed by atoms with E-state index in [4.69, 9.17) is 0 Å². The van der Waals surface area contributed by atoms with E-state index in [0.29, 0.717) is 0 Å². The number of nitrogens with zero attached hydrogens (tertiary/aromatic N) is 8. The van der Waals surface area contributed by atoms with E-state index in [1.165, 1.54) is 0 Å². The molecule has 8 heteroatoms. The van der Waals surface area contributed by atoms with Gasteiger partial charge in [-0.25, -0.2) is 19.9 Å². The van der Waals surface area contributed by atoms with E-state index in [0.717, 1.165) is 48.0 Å². The van der Waals surface area contributed by atoms with E-state index >= 15 is 0 Å². The van der Waals surface area contributed by atoms with Gasteiger partial charge in [0.2, 0.25) is 0 Å². The summed E-state index contributed by atoms with van der Waals surface area (Å²) in [5.74, 6) is 3.56. The predicted octanol–water partition coefficient (Wildman–Crippen LogP) is 2.36. The zero-order chi connectivity index (χ0) is 17.7. The highest BCUT2D eigenvalue weighted by molar-refractivity contribution is 5.81. The fourth-order valence-electron chi connectivity index (χ4n) is 3.49. The van der Waals surface area contributed by atoms with Gasteiger partial charge in [0.15, 0.2) is 23.3 Å². The second-order valence-corrected chi connectivity index (χ2v) is 6.46. The van der Waals surface area contributed by atoms with Crippen LogP contribution in [-0.4, -0.2) is 47.4 Å². The third-order valence-corrected chi connectivity index (χ3v) is 4.72. The second kappa shape index (κ2) is 5.55. The van der Waals surface area contributed by atoms with Crippen molar-refractivity contribution < 1.29 is 0 Å². The molecule has 5 rings (SSSR count). The van der Waals surface area contributed by atoms with Crippen molar-refractivity contribution in [1.29, 1.82) is 0 Å². The van der Waals surface area contributed by atoms with Crippen molar-refractivity contribution in [1.82, 2.24) is 19.9 Å². The number of anilines is 6. The Hall–Kier alpha value is -3.42. The number of rotatable bonds is 2. The van der Waals surface area contributed by atoms with Gasteiger partial charge in [-0.05, 0) is 18.2 Å². The van der Waals surface area contributed by atoms with Gasteiger partial charge < -0.3 is 19.6 Å². The summed E-state index contributed by atoms with van der Waals surface area (Å²) in [4.78, 5) is 26.5. The topological polar surface area (TPSA) is 64.5 Å². The summed E-state index contributed by atoms with van der Waals surface area (Å²) in [5.41, 5.74) is 2.15. The van der Waals surface area contributed by atoms with Crippen LogP contribution in [-0.2, 0) is 0 Å². The van der Waals surface area contributed by atoms with Gasteiger partial charge in [-0.2, -0.15) is 0 Å². The third kappa shape index (κ3) is 2.15. The van der Waals surface area contributed by atoms with Crippen LogP contribution >= 0.6 is 0 Å². The molecule has 130 valence electrons. The Morgan fingerprint density at radius 1 is 0.654 bits per heavy atom. The van der Waals surface area contributed by atoms with Crippen LogP contribution < -0.4 is 19.6 Å². The number of aromatic nitrogens is 4. The molecule has 2 aliphatic heterocycles. The van der Waals surface area contributed by atoms with Crippen LogP contribution in [0.4, 0.5) is 34.6 Å². The highest BCUT2D eigenvalue weighted by Gasteiger charge is 2.29. The van der Waals surface area contributed by atoms with Crippen LogP contribution in [0, 0.1) is 0 Å². The molecule has 0 radical (unpaired) electrons. The predicted molar refractivity (Wildman–Crippen MR) is 101 cm³/mol. The maximum atomic E-state index is 4.52. The largest absolute Gasteiger partial charge is 0.338 e. The van der Waals surface area contributed by atoms with E-state index in [1.807, 2.05) is 14.1 Å². The minimum Gasteiger partial charge on any atom is -0.338 e. The summed E-state index contributed by atoms with van der Waals surface area (Å²) >= 11 is 0. The number of hydrogen-bond acceptors (Lipinski definition) is 8. The van der Waals surface area contributed by atoms with Gasteiger partial charge in [0, 0.05) is 50.3 Å². The van der Waals surface area contributed by atoms with Gasteiger partial charge in [0.1, 0.15) is 0 Å². The summed E-state index contributed by atoms with van der Waals surface area (Å²) in [7, 11) is 4.05. The molecule has 0 atom stereocenters. The molecule has 0 N–H and O–H groups in total. The lowest BCUT2D eigenvalue weighted by Crippen LogP contribution is -2.26. The summed E-state index contributed by atoms with van der Waals surface area (Å²) < 4.78 is 0. The van der Waals surface area contributed by atoms with Gasteiger partial charge in [-0.1, -0.05) is 6.07 Å². The Labute approximate surface area is 151 Å². The van der Waals surface area contributed by atoms with Crippen LogP contribution in [0.3, 0.4) is 0 Å². The zero-order valence-corrected chi connectivity index (χ0v) is 14.6. The van der Waals surface area contributed by atoms with Crippen LogP contribution in [0.1, 0.15) is 0 Å². The molecule has 0 amide bonds. The van der Waals surface area contributed by atoms with Gasteiger partial charge >= 0.3 is 0 Å². The van der Waals surface area contributed by atoms with E-state index in [-0.39, 0.29) is 0 Å².